The Morgan fingerprint density at radius 2 is 2.00 bits per heavy atom. The minimum absolute atomic E-state index is 0.0215. The van der Waals surface area contributed by atoms with Crippen LogP contribution in [0.5, 0.6) is 5.75 Å². The predicted molar refractivity (Wildman–Crippen MR) is 117 cm³/mol. The molecule has 3 heterocycles. The first kappa shape index (κ1) is 20.5. The van der Waals surface area contributed by atoms with Crippen LogP contribution in [0.1, 0.15) is 19.8 Å². The third-order valence-electron chi connectivity index (χ3n) is 5.29. The lowest BCUT2D eigenvalue weighted by molar-refractivity contribution is 0.0258. The van der Waals surface area contributed by atoms with Crippen molar-refractivity contribution in [3.8, 4) is 16.9 Å². The van der Waals surface area contributed by atoms with Crippen LogP contribution >= 0.6 is 0 Å². The molecule has 30 heavy (non-hydrogen) atoms. The summed E-state index contributed by atoms with van der Waals surface area (Å²) >= 11 is 0. The van der Waals surface area contributed by atoms with Gasteiger partial charge in [0, 0.05) is 54.5 Å². The molecule has 0 radical (unpaired) electrons. The van der Waals surface area contributed by atoms with Gasteiger partial charge < -0.3 is 19.0 Å². The topological polar surface area (TPSA) is 102 Å². The lowest BCUT2D eigenvalue weighted by Crippen LogP contribution is -2.26. The number of nitrogens with one attached hydrogen (secondary N) is 2. The molecule has 1 saturated heterocycles. The Kier molecular flexibility index (Phi) is 5.57. The van der Waals surface area contributed by atoms with Gasteiger partial charge in [-0.1, -0.05) is 0 Å². The van der Waals surface area contributed by atoms with Crippen molar-refractivity contribution in [2.75, 3.05) is 23.7 Å². The highest BCUT2D eigenvalue weighted by Crippen LogP contribution is 2.38. The minimum atomic E-state index is -3.42. The molecule has 4 rings (SSSR count). The SMILES string of the molecule is CCS(=O)(=O)Nc1ccc(OC2CCOCC2)c(-c2cn(C)c3c(=O)[nH]ccc23)c1. The van der Waals surface area contributed by atoms with Gasteiger partial charge >= 0.3 is 0 Å². The second kappa shape index (κ2) is 8.16. The van der Waals surface area contributed by atoms with E-state index in [2.05, 4.69) is 9.71 Å². The number of anilines is 1. The molecule has 0 atom stereocenters. The van der Waals surface area contributed by atoms with E-state index < -0.39 is 10.0 Å². The lowest BCUT2D eigenvalue weighted by atomic mass is 10.0. The number of benzene rings is 1. The highest BCUT2D eigenvalue weighted by atomic mass is 32.2. The summed E-state index contributed by atoms with van der Waals surface area (Å²) < 4.78 is 40.2. The fraction of sp³-hybridized carbons (Fsp3) is 0.381. The Hall–Kier alpha value is -2.78. The Balaban J connectivity index is 1.84. The number of hydrogen-bond acceptors (Lipinski definition) is 5. The zero-order valence-electron chi connectivity index (χ0n) is 17.0. The van der Waals surface area contributed by atoms with E-state index in [9.17, 15) is 13.2 Å². The largest absolute Gasteiger partial charge is 0.490 e. The van der Waals surface area contributed by atoms with Crippen LogP contribution in [0.2, 0.25) is 0 Å². The number of ether oxygens (including phenoxy) is 2. The number of hydrogen-bond donors (Lipinski definition) is 2. The molecule has 2 aromatic heterocycles. The van der Waals surface area contributed by atoms with Crippen LogP contribution in [-0.2, 0) is 21.8 Å². The van der Waals surface area contributed by atoms with E-state index in [-0.39, 0.29) is 17.4 Å². The first-order valence-electron chi connectivity index (χ1n) is 9.94. The molecule has 0 saturated carbocycles. The van der Waals surface area contributed by atoms with E-state index in [1.807, 2.05) is 19.3 Å². The van der Waals surface area contributed by atoms with E-state index in [0.717, 1.165) is 29.4 Å². The fourth-order valence-corrected chi connectivity index (χ4v) is 4.34. The molecule has 1 aromatic carbocycles. The first-order valence-corrected chi connectivity index (χ1v) is 11.6. The van der Waals surface area contributed by atoms with E-state index >= 15 is 0 Å². The predicted octanol–water partition coefficient (Wildman–Crippen LogP) is 2.85. The molecule has 1 aliphatic heterocycles. The third kappa shape index (κ3) is 4.08. The fourth-order valence-electron chi connectivity index (χ4n) is 3.71. The molecule has 0 spiro atoms. The maximum absolute atomic E-state index is 12.3. The molecule has 1 aliphatic rings. The van der Waals surface area contributed by atoms with Crippen LogP contribution in [0.4, 0.5) is 5.69 Å². The van der Waals surface area contributed by atoms with Gasteiger partial charge in [-0.3, -0.25) is 9.52 Å². The molecule has 3 aromatic rings. The van der Waals surface area contributed by atoms with Gasteiger partial charge in [-0.15, -0.1) is 0 Å². The van der Waals surface area contributed by atoms with Crippen LogP contribution in [0.3, 0.4) is 0 Å². The van der Waals surface area contributed by atoms with Gasteiger partial charge in [-0.25, -0.2) is 8.42 Å². The number of aryl methyl sites for hydroxylation is 1. The van der Waals surface area contributed by atoms with Crippen molar-refractivity contribution in [1.82, 2.24) is 9.55 Å². The van der Waals surface area contributed by atoms with Gasteiger partial charge in [0.15, 0.2) is 0 Å². The summed E-state index contributed by atoms with van der Waals surface area (Å²) in [5.74, 6) is 0.626. The number of aromatic nitrogens is 2. The number of aromatic amines is 1. The summed E-state index contributed by atoms with van der Waals surface area (Å²) in [6.07, 6.45) is 5.08. The van der Waals surface area contributed by atoms with E-state index in [0.29, 0.717) is 30.2 Å². The molecule has 9 heteroatoms. The van der Waals surface area contributed by atoms with E-state index in [4.69, 9.17) is 9.47 Å². The highest BCUT2D eigenvalue weighted by molar-refractivity contribution is 7.92. The van der Waals surface area contributed by atoms with E-state index in [1.54, 1.807) is 35.9 Å². The summed E-state index contributed by atoms with van der Waals surface area (Å²) in [6, 6.07) is 7.08. The van der Waals surface area contributed by atoms with Crippen LogP contribution < -0.4 is 15.0 Å². The standard InChI is InChI=1S/C21H25N3O5S/c1-3-30(26,27)23-14-4-5-19(29-15-7-10-28-11-8-15)17(12-14)18-13-24(2)20-16(18)6-9-22-21(20)25/h4-6,9,12-13,15,23H,3,7-8,10-11H2,1-2H3,(H,22,25). The van der Waals surface area contributed by atoms with Crippen LogP contribution in [0, 0.1) is 0 Å². The van der Waals surface area contributed by atoms with Crippen molar-refractivity contribution in [2.45, 2.75) is 25.9 Å². The molecular formula is C21H25N3O5S. The number of nitrogens with zero attached hydrogens (tertiary/aromatic N) is 1. The molecule has 1 fully saturated rings. The summed E-state index contributed by atoms with van der Waals surface area (Å²) in [7, 11) is -1.61. The number of pyridine rings is 1. The minimum Gasteiger partial charge on any atom is -0.490 e. The average molecular weight is 432 g/mol. The van der Waals surface area contributed by atoms with Gasteiger partial charge in [0.05, 0.1) is 19.0 Å². The molecule has 8 nitrogen and oxygen atoms in total. The second-order valence-corrected chi connectivity index (χ2v) is 9.38. The molecule has 2 N–H and O–H groups in total. The maximum atomic E-state index is 12.3. The van der Waals surface area contributed by atoms with Gasteiger partial charge in [0.2, 0.25) is 10.0 Å². The maximum Gasteiger partial charge on any atom is 0.272 e. The normalized spacial score (nSPS) is 15.4. The Morgan fingerprint density at radius 1 is 1.23 bits per heavy atom. The second-order valence-electron chi connectivity index (χ2n) is 7.37. The van der Waals surface area contributed by atoms with Crippen molar-refractivity contribution >= 4 is 26.6 Å². The summed E-state index contributed by atoms with van der Waals surface area (Å²) in [4.78, 5) is 15.0. The van der Waals surface area contributed by atoms with Crippen molar-refractivity contribution in [2.24, 2.45) is 7.05 Å². The van der Waals surface area contributed by atoms with Crippen LogP contribution in [0.15, 0.2) is 41.5 Å². The molecule has 160 valence electrons. The highest BCUT2D eigenvalue weighted by Gasteiger charge is 2.21. The third-order valence-corrected chi connectivity index (χ3v) is 6.59. The summed E-state index contributed by atoms with van der Waals surface area (Å²) in [5.41, 5.74) is 2.35. The van der Waals surface area contributed by atoms with Gasteiger partial charge in [0.25, 0.3) is 5.56 Å². The van der Waals surface area contributed by atoms with Crippen molar-refractivity contribution in [3.63, 3.8) is 0 Å². The van der Waals surface area contributed by atoms with Crippen molar-refractivity contribution in [1.29, 1.82) is 0 Å². The van der Waals surface area contributed by atoms with Crippen LogP contribution in [0.25, 0.3) is 22.0 Å². The molecule has 0 amide bonds. The van der Waals surface area contributed by atoms with Gasteiger partial charge in [0.1, 0.15) is 17.4 Å². The molecule has 0 aliphatic carbocycles. The Bertz CT molecular complexity index is 1220. The Morgan fingerprint density at radius 3 is 2.73 bits per heavy atom. The lowest BCUT2D eigenvalue weighted by Gasteiger charge is -2.25. The quantitative estimate of drug-likeness (QED) is 0.625. The molecule has 0 bridgehead atoms. The van der Waals surface area contributed by atoms with Crippen LogP contribution in [-0.4, -0.2) is 43.0 Å². The first-order chi connectivity index (χ1) is 14.4. The number of sulfonamides is 1. The zero-order chi connectivity index (χ0) is 21.3. The number of rotatable bonds is 6. The van der Waals surface area contributed by atoms with Gasteiger partial charge in [-0.2, -0.15) is 0 Å². The average Bonchev–Trinajstić information content (AvgIpc) is 3.07. The summed E-state index contributed by atoms with van der Waals surface area (Å²) in [5, 5.41) is 0.772. The van der Waals surface area contributed by atoms with Gasteiger partial charge in [-0.05, 0) is 31.2 Å². The Labute approximate surface area is 174 Å². The summed E-state index contributed by atoms with van der Waals surface area (Å²) in [6.45, 7) is 2.89. The molecular weight excluding hydrogens is 406 g/mol. The van der Waals surface area contributed by atoms with E-state index in [1.165, 1.54) is 0 Å². The monoisotopic (exact) mass is 431 g/mol. The van der Waals surface area contributed by atoms with Crippen molar-refractivity contribution < 1.29 is 17.9 Å². The zero-order valence-corrected chi connectivity index (χ0v) is 17.8. The number of fused-ring (bicyclic) bond motifs is 1. The smallest absolute Gasteiger partial charge is 0.272 e. The van der Waals surface area contributed by atoms with Crippen molar-refractivity contribution in [3.05, 3.63) is 47.0 Å². The number of H-pyrrole nitrogens is 1. The molecule has 0 unspecified atom stereocenters.